The lowest BCUT2D eigenvalue weighted by Crippen LogP contribution is -2.51. The van der Waals surface area contributed by atoms with Crippen molar-refractivity contribution >= 4 is 5.97 Å². The van der Waals surface area contributed by atoms with Gasteiger partial charge in [-0.1, -0.05) is 83.1 Å². The van der Waals surface area contributed by atoms with E-state index in [9.17, 15) is 4.79 Å². The highest BCUT2D eigenvalue weighted by atomic mass is 16.6. The highest BCUT2D eigenvalue weighted by Gasteiger charge is 2.47. The van der Waals surface area contributed by atoms with Crippen molar-refractivity contribution in [1.82, 2.24) is 0 Å². The van der Waals surface area contributed by atoms with E-state index in [1.165, 1.54) is 0 Å². The Labute approximate surface area is 287 Å². The SMILES string of the molecule is CCC(C)(OCC(C)C(C)(CC)C(C)(C)OCCC(C)(C)OCCOC(=O)C(CC(C)(C)C)C(C)(C)C)C(C)(C)CCOC(C)C. The minimum atomic E-state index is -0.400. The van der Waals surface area contributed by atoms with E-state index in [2.05, 4.69) is 132 Å². The summed E-state index contributed by atoms with van der Waals surface area (Å²) in [5.74, 6) is 0.00685. The Balaban J connectivity index is 5.14. The van der Waals surface area contributed by atoms with E-state index in [0.717, 1.165) is 38.7 Å². The van der Waals surface area contributed by atoms with Crippen molar-refractivity contribution in [2.75, 3.05) is 33.0 Å². The van der Waals surface area contributed by atoms with Crippen molar-refractivity contribution in [2.24, 2.45) is 33.5 Å². The summed E-state index contributed by atoms with van der Waals surface area (Å²) in [5.41, 5.74) is -1.23. The average Bonchev–Trinajstić information content (AvgIpc) is 2.89. The summed E-state index contributed by atoms with van der Waals surface area (Å²) >= 11 is 0. The number of esters is 1. The van der Waals surface area contributed by atoms with Gasteiger partial charge in [0.2, 0.25) is 0 Å². The van der Waals surface area contributed by atoms with Crippen LogP contribution in [0.1, 0.15) is 164 Å². The molecule has 0 fully saturated rings. The Morgan fingerprint density at radius 3 is 1.67 bits per heavy atom. The molecule has 0 aromatic heterocycles. The van der Waals surface area contributed by atoms with Crippen molar-refractivity contribution in [2.45, 2.75) is 187 Å². The third kappa shape index (κ3) is 14.4. The smallest absolute Gasteiger partial charge is 0.309 e. The molecule has 4 unspecified atom stereocenters. The van der Waals surface area contributed by atoms with Gasteiger partial charge in [-0.3, -0.25) is 4.79 Å². The Morgan fingerprint density at radius 1 is 0.652 bits per heavy atom. The van der Waals surface area contributed by atoms with Gasteiger partial charge >= 0.3 is 5.97 Å². The molecule has 0 aliphatic heterocycles. The third-order valence-corrected chi connectivity index (χ3v) is 11.3. The number of carbonyl (C=O) groups is 1. The summed E-state index contributed by atoms with van der Waals surface area (Å²) in [6, 6.07) is 0. The second kappa shape index (κ2) is 17.8. The molecular weight excluding hydrogens is 576 g/mol. The van der Waals surface area contributed by atoms with Gasteiger partial charge in [0, 0.05) is 12.0 Å². The molecule has 6 nitrogen and oxygen atoms in total. The fourth-order valence-electron chi connectivity index (χ4n) is 6.16. The summed E-state index contributed by atoms with van der Waals surface area (Å²) in [6.45, 7) is 44.2. The lowest BCUT2D eigenvalue weighted by Gasteiger charge is -2.50. The van der Waals surface area contributed by atoms with Crippen LogP contribution in [0.15, 0.2) is 0 Å². The highest BCUT2D eigenvalue weighted by molar-refractivity contribution is 5.73. The number of ether oxygens (including phenoxy) is 5. The van der Waals surface area contributed by atoms with Gasteiger partial charge in [-0.25, -0.2) is 0 Å². The van der Waals surface area contributed by atoms with Gasteiger partial charge < -0.3 is 23.7 Å². The quantitative estimate of drug-likeness (QED) is 0.0853. The molecule has 0 saturated heterocycles. The maximum Gasteiger partial charge on any atom is 0.309 e. The molecule has 0 aliphatic carbocycles. The highest BCUT2D eigenvalue weighted by Crippen LogP contribution is 2.46. The molecule has 276 valence electrons. The Bertz CT molecular complexity index is 877. The van der Waals surface area contributed by atoms with Crippen LogP contribution in [-0.2, 0) is 28.5 Å². The predicted molar refractivity (Wildman–Crippen MR) is 194 cm³/mol. The minimum Gasteiger partial charge on any atom is -0.463 e. The van der Waals surface area contributed by atoms with Gasteiger partial charge in [-0.2, -0.15) is 0 Å². The zero-order valence-corrected chi connectivity index (χ0v) is 34.3. The van der Waals surface area contributed by atoms with Gasteiger partial charge in [-0.05, 0) is 103 Å². The van der Waals surface area contributed by atoms with E-state index in [1.54, 1.807) is 0 Å². The maximum atomic E-state index is 13.0. The van der Waals surface area contributed by atoms with Gasteiger partial charge in [0.05, 0.1) is 48.6 Å². The molecule has 0 aromatic carbocycles. The Morgan fingerprint density at radius 2 is 1.22 bits per heavy atom. The fourth-order valence-corrected chi connectivity index (χ4v) is 6.16. The number of hydrogen-bond acceptors (Lipinski definition) is 6. The molecule has 6 heteroatoms. The second-order valence-electron chi connectivity index (χ2n) is 18.7. The molecule has 4 atom stereocenters. The van der Waals surface area contributed by atoms with Gasteiger partial charge in [-0.15, -0.1) is 0 Å². The Kier molecular flexibility index (Phi) is 17.5. The summed E-state index contributed by atoms with van der Waals surface area (Å²) in [5, 5.41) is 0. The van der Waals surface area contributed by atoms with Crippen molar-refractivity contribution in [3.05, 3.63) is 0 Å². The molecular formula is C40H80O6. The number of rotatable bonds is 22. The van der Waals surface area contributed by atoms with Crippen LogP contribution in [0.4, 0.5) is 0 Å². The van der Waals surface area contributed by atoms with Crippen molar-refractivity contribution in [1.29, 1.82) is 0 Å². The zero-order chi connectivity index (χ0) is 36.4. The lowest BCUT2D eigenvalue weighted by molar-refractivity contribution is -0.177. The van der Waals surface area contributed by atoms with E-state index >= 15 is 0 Å². The van der Waals surface area contributed by atoms with Crippen LogP contribution in [0.5, 0.6) is 0 Å². The van der Waals surface area contributed by atoms with Crippen LogP contribution in [0.25, 0.3) is 0 Å². The average molecular weight is 657 g/mol. The van der Waals surface area contributed by atoms with Crippen LogP contribution < -0.4 is 0 Å². The van der Waals surface area contributed by atoms with E-state index in [1.807, 2.05) is 0 Å². The molecule has 0 saturated carbocycles. The second-order valence-corrected chi connectivity index (χ2v) is 18.7. The van der Waals surface area contributed by atoms with Gasteiger partial charge in [0.15, 0.2) is 0 Å². The number of hydrogen-bond donors (Lipinski definition) is 0. The van der Waals surface area contributed by atoms with E-state index < -0.39 is 5.60 Å². The van der Waals surface area contributed by atoms with Crippen LogP contribution in [0, 0.1) is 33.5 Å². The van der Waals surface area contributed by atoms with Crippen LogP contribution in [0.2, 0.25) is 0 Å². The van der Waals surface area contributed by atoms with Crippen LogP contribution in [-0.4, -0.2) is 61.9 Å². The van der Waals surface area contributed by atoms with Gasteiger partial charge in [0.1, 0.15) is 6.61 Å². The van der Waals surface area contributed by atoms with Crippen LogP contribution in [0.3, 0.4) is 0 Å². The molecule has 0 radical (unpaired) electrons. The molecule has 0 spiro atoms. The first-order valence-corrected chi connectivity index (χ1v) is 18.3. The predicted octanol–water partition coefficient (Wildman–Crippen LogP) is 10.7. The zero-order valence-electron chi connectivity index (χ0n) is 34.3. The topological polar surface area (TPSA) is 63.2 Å². The van der Waals surface area contributed by atoms with Crippen molar-refractivity contribution < 1.29 is 28.5 Å². The van der Waals surface area contributed by atoms with E-state index in [4.69, 9.17) is 23.7 Å². The normalized spacial score (nSPS) is 17.8. The molecule has 0 aliphatic rings. The van der Waals surface area contributed by atoms with Crippen LogP contribution >= 0.6 is 0 Å². The molecule has 0 amide bonds. The number of carbonyl (C=O) groups excluding carboxylic acids is 1. The minimum absolute atomic E-state index is 0.0182. The first kappa shape index (κ1) is 45.3. The molecule has 0 N–H and O–H groups in total. The monoisotopic (exact) mass is 657 g/mol. The first-order chi connectivity index (χ1) is 20.6. The maximum absolute atomic E-state index is 13.0. The molecule has 46 heavy (non-hydrogen) atoms. The van der Waals surface area contributed by atoms with Crippen molar-refractivity contribution in [3.63, 3.8) is 0 Å². The molecule has 0 aromatic rings. The third-order valence-electron chi connectivity index (χ3n) is 11.3. The van der Waals surface area contributed by atoms with E-state index in [-0.39, 0.29) is 63.4 Å². The first-order valence-electron chi connectivity index (χ1n) is 18.3. The lowest BCUT2D eigenvalue weighted by atomic mass is 9.65. The Hall–Kier alpha value is -0.690. The molecule has 0 bridgehead atoms. The summed E-state index contributed by atoms with van der Waals surface area (Å²) in [4.78, 5) is 13.0. The largest absolute Gasteiger partial charge is 0.463 e. The fraction of sp³-hybridized carbons (Fsp3) is 0.975. The molecule has 0 rings (SSSR count). The van der Waals surface area contributed by atoms with Gasteiger partial charge in [0.25, 0.3) is 0 Å². The standard InChI is InChI=1S/C40H80O6/c1-20-39(18,31(5)29-46-40(19,21-2)36(12,13)22-24-42-30(3)4)38(16,17)45-25-23-37(14,15)44-27-26-43-33(41)32(35(9,10)11)28-34(6,7)8/h30-32H,20-29H2,1-19H3. The molecule has 0 heterocycles. The summed E-state index contributed by atoms with van der Waals surface area (Å²) < 4.78 is 31.3. The summed E-state index contributed by atoms with van der Waals surface area (Å²) in [7, 11) is 0. The van der Waals surface area contributed by atoms with E-state index in [0.29, 0.717) is 19.8 Å². The summed E-state index contributed by atoms with van der Waals surface area (Å²) in [6.07, 6.45) is 4.65. The van der Waals surface area contributed by atoms with Crippen molar-refractivity contribution in [3.8, 4) is 0 Å².